The third kappa shape index (κ3) is 5.80. The lowest BCUT2D eigenvalue weighted by Gasteiger charge is -2.69. The summed E-state index contributed by atoms with van der Waals surface area (Å²) in [5.74, 6) is -3.17. The van der Waals surface area contributed by atoms with E-state index in [4.69, 9.17) is 18.9 Å². The quantitative estimate of drug-likeness (QED) is 0.151. The van der Waals surface area contributed by atoms with Crippen molar-refractivity contribution >= 4 is 11.8 Å². The minimum absolute atomic E-state index is 0.0889. The van der Waals surface area contributed by atoms with Crippen LogP contribution >= 0.6 is 0 Å². The van der Waals surface area contributed by atoms with Gasteiger partial charge in [-0.3, -0.25) is 9.59 Å². The highest BCUT2D eigenvalue weighted by Crippen LogP contribution is 2.76. The first-order chi connectivity index (χ1) is 26.0. The number of aliphatic hydroxyl groups is 9. The van der Waals surface area contributed by atoms with Gasteiger partial charge >= 0.3 is 5.97 Å². The molecular weight excluding hydrogens is 736 g/mol. The van der Waals surface area contributed by atoms with E-state index in [2.05, 4.69) is 13.8 Å². The highest BCUT2D eigenvalue weighted by Gasteiger charge is 2.74. The van der Waals surface area contributed by atoms with E-state index in [1.54, 1.807) is 13.0 Å². The molecular formula is C40H62O16. The molecule has 6 fully saturated rings. The van der Waals surface area contributed by atoms with Crippen molar-refractivity contribution in [3.05, 3.63) is 11.6 Å². The van der Waals surface area contributed by atoms with Crippen LogP contribution in [0.5, 0.6) is 0 Å². The number of hydrogen-bond donors (Lipinski definition) is 10. The number of hydrogen-bond acceptors (Lipinski definition) is 15. The summed E-state index contributed by atoms with van der Waals surface area (Å²) in [5.41, 5.74) is -2.53. The fraction of sp³-hybridized carbons (Fsp3) is 0.900. The SMILES string of the molecule is C[C@@H](C(=O)O)[C@H]1[C@H](O)[C@H](O)[C@@H]2[C@]1(C)CC[C@]1(C)C3=CC(=O)[C@@]4(C)C[C@@H](O[C@@H]5OC[C@H](O[C@@H]6O[C@H](CO)[C@@H](O)[C@H](O)[C@H]6O)[C@H](O)[C@H]5O)[C@H](O)C[C@]4(C)[C@H]3CC[C@@]21C. The molecule has 0 radical (unpaired) electrons. The third-order valence-corrected chi connectivity index (χ3v) is 17.0. The second kappa shape index (κ2) is 14.2. The van der Waals surface area contributed by atoms with Crippen molar-refractivity contribution in [3.8, 4) is 0 Å². The maximum absolute atomic E-state index is 14.6. The first-order valence-corrected chi connectivity index (χ1v) is 20.1. The number of allylic oxidation sites excluding steroid dienone is 2. The summed E-state index contributed by atoms with van der Waals surface area (Å²) < 4.78 is 22.9. The lowest BCUT2D eigenvalue weighted by atomic mass is 9.35. The van der Waals surface area contributed by atoms with Gasteiger partial charge in [0.25, 0.3) is 0 Å². The largest absolute Gasteiger partial charge is 0.481 e. The number of carbonyl (C=O) groups is 2. The molecule has 2 aliphatic heterocycles. The van der Waals surface area contributed by atoms with Crippen LogP contribution in [-0.4, -0.2) is 156 Å². The maximum atomic E-state index is 14.6. The molecule has 22 atom stereocenters. The highest BCUT2D eigenvalue weighted by atomic mass is 16.7. The van der Waals surface area contributed by atoms with Crippen LogP contribution in [-0.2, 0) is 28.5 Å². The highest BCUT2D eigenvalue weighted by molar-refractivity contribution is 5.97. The average Bonchev–Trinajstić information content (AvgIpc) is 3.34. The number of fused-ring (bicyclic) bond motifs is 7. The molecule has 2 saturated heterocycles. The molecule has 0 aromatic rings. The molecule has 7 aliphatic rings. The minimum Gasteiger partial charge on any atom is -0.481 e. The summed E-state index contributed by atoms with van der Waals surface area (Å²) in [6.07, 6.45) is -13.8. The van der Waals surface area contributed by atoms with E-state index in [1.165, 1.54) is 0 Å². The van der Waals surface area contributed by atoms with Crippen molar-refractivity contribution in [3.63, 3.8) is 0 Å². The normalized spacial score (nSPS) is 56.3. The molecule has 0 aromatic carbocycles. The third-order valence-electron chi connectivity index (χ3n) is 17.0. The van der Waals surface area contributed by atoms with Gasteiger partial charge in [-0.05, 0) is 78.1 Å². The molecule has 0 spiro atoms. The van der Waals surface area contributed by atoms with Crippen molar-refractivity contribution in [2.75, 3.05) is 13.2 Å². The van der Waals surface area contributed by atoms with Crippen LogP contribution in [0.3, 0.4) is 0 Å². The van der Waals surface area contributed by atoms with E-state index in [0.717, 1.165) is 5.57 Å². The van der Waals surface area contributed by atoms with Gasteiger partial charge in [0, 0.05) is 11.3 Å². The van der Waals surface area contributed by atoms with Gasteiger partial charge in [-0.1, -0.05) is 47.1 Å². The van der Waals surface area contributed by atoms with Crippen molar-refractivity contribution in [2.24, 2.45) is 50.7 Å². The molecule has 0 aromatic heterocycles. The van der Waals surface area contributed by atoms with Crippen LogP contribution in [0.25, 0.3) is 0 Å². The molecule has 0 bridgehead atoms. The van der Waals surface area contributed by atoms with Crippen LogP contribution in [0.1, 0.15) is 80.1 Å². The number of aliphatic carboxylic acids is 1. The molecule has 7 rings (SSSR count). The summed E-state index contributed by atoms with van der Waals surface area (Å²) in [5, 5.41) is 107. The van der Waals surface area contributed by atoms with Crippen molar-refractivity contribution in [1.29, 1.82) is 0 Å². The van der Waals surface area contributed by atoms with Gasteiger partial charge in [0.2, 0.25) is 0 Å². The summed E-state index contributed by atoms with van der Waals surface area (Å²) in [7, 11) is 0. The standard InChI is InChI=1S/C40H62O16/c1-16(33(51)52)24-27(46)29(48)32-36(24,2)9-10-37(3)18-11-23(43)40(6)13-20(19(42)12-39(40,5)17(18)7-8-38(32,37)4)54-34-30(49)26(45)22(15-53-34)56-35-31(50)28(47)25(44)21(14-41)55-35/h11,16-17,19-22,24-32,34-35,41-42,44-50H,7-10,12-15H2,1-6H3,(H,51,52)/t16-,17+,19-,20-,21-,22+,24+,25-,26+,27+,28+,29+,30-,31-,32-,34+,35+,36-,37-,38+,39-,40-/m1/s1. The molecule has 318 valence electrons. The van der Waals surface area contributed by atoms with Gasteiger partial charge in [0.15, 0.2) is 18.4 Å². The van der Waals surface area contributed by atoms with Crippen LogP contribution in [0.2, 0.25) is 0 Å². The molecule has 16 heteroatoms. The maximum Gasteiger partial charge on any atom is 0.306 e. The Hall–Kier alpha value is -1.64. The summed E-state index contributed by atoms with van der Waals surface area (Å²) >= 11 is 0. The fourth-order valence-electron chi connectivity index (χ4n) is 13.2. The van der Waals surface area contributed by atoms with Gasteiger partial charge in [-0.25, -0.2) is 0 Å². The van der Waals surface area contributed by atoms with E-state index in [1.807, 2.05) is 20.8 Å². The summed E-state index contributed by atoms with van der Waals surface area (Å²) in [6, 6.07) is 0. The zero-order valence-corrected chi connectivity index (χ0v) is 33.0. The molecule has 2 heterocycles. The number of aliphatic hydroxyl groups excluding tert-OH is 9. The lowest BCUT2D eigenvalue weighted by Crippen LogP contribution is -2.66. The molecule has 4 saturated carbocycles. The van der Waals surface area contributed by atoms with E-state index < -0.39 is 137 Å². The van der Waals surface area contributed by atoms with Crippen molar-refractivity contribution in [1.82, 2.24) is 0 Å². The van der Waals surface area contributed by atoms with Crippen LogP contribution in [0.4, 0.5) is 0 Å². The Balaban J connectivity index is 1.09. The Morgan fingerprint density at radius 1 is 0.786 bits per heavy atom. The number of ketones is 1. The number of carboxylic acid groups (broad SMARTS) is 1. The summed E-state index contributed by atoms with van der Waals surface area (Å²) in [4.78, 5) is 26.8. The van der Waals surface area contributed by atoms with Crippen LogP contribution in [0.15, 0.2) is 11.6 Å². The monoisotopic (exact) mass is 798 g/mol. The van der Waals surface area contributed by atoms with E-state index in [0.29, 0.717) is 25.7 Å². The molecule has 16 nitrogen and oxygen atoms in total. The number of carbonyl (C=O) groups excluding carboxylic acids is 1. The molecule has 0 unspecified atom stereocenters. The Morgan fingerprint density at radius 3 is 2.07 bits per heavy atom. The Morgan fingerprint density at radius 2 is 1.43 bits per heavy atom. The fourth-order valence-corrected chi connectivity index (χ4v) is 13.2. The number of rotatable bonds is 7. The number of carboxylic acids is 1. The predicted molar refractivity (Wildman–Crippen MR) is 192 cm³/mol. The molecule has 5 aliphatic carbocycles. The Kier molecular flexibility index (Phi) is 10.8. The second-order valence-electron chi connectivity index (χ2n) is 19.4. The number of ether oxygens (including phenoxy) is 4. The van der Waals surface area contributed by atoms with Gasteiger partial charge in [-0.2, -0.15) is 0 Å². The first kappa shape index (κ1) is 42.5. The zero-order chi connectivity index (χ0) is 41.2. The van der Waals surface area contributed by atoms with Gasteiger partial charge in [0.1, 0.15) is 42.7 Å². The summed E-state index contributed by atoms with van der Waals surface area (Å²) in [6.45, 7) is 10.8. The Bertz CT molecular complexity index is 1570. The van der Waals surface area contributed by atoms with E-state index >= 15 is 0 Å². The van der Waals surface area contributed by atoms with Gasteiger partial charge in [0.05, 0.1) is 43.5 Å². The lowest BCUT2D eigenvalue weighted by molar-refractivity contribution is -0.350. The van der Waals surface area contributed by atoms with Crippen molar-refractivity contribution < 1.29 is 79.6 Å². The van der Waals surface area contributed by atoms with Gasteiger partial charge < -0.3 is 70.0 Å². The Labute approximate surface area is 326 Å². The molecule has 56 heavy (non-hydrogen) atoms. The average molecular weight is 799 g/mol. The molecule has 10 N–H and O–H groups in total. The first-order valence-electron chi connectivity index (χ1n) is 20.1. The zero-order valence-electron chi connectivity index (χ0n) is 33.0. The van der Waals surface area contributed by atoms with E-state index in [-0.39, 0.29) is 31.1 Å². The van der Waals surface area contributed by atoms with Crippen LogP contribution < -0.4 is 0 Å². The predicted octanol–water partition coefficient (Wildman–Crippen LogP) is -0.778. The smallest absolute Gasteiger partial charge is 0.306 e. The van der Waals surface area contributed by atoms with Crippen LogP contribution in [0, 0.1) is 50.7 Å². The minimum atomic E-state index is -1.73. The van der Waals surface area contributed by atoms with E-state index in [9.17, 15) is 60.7 Å². The topological polar surface area (TPSA) is 273 Å². The van der Waals surface area contributed by atoms with Crippen molar-refractivity contribution in [2.45, 2.75) is 160 Å². The molecule has 0 amide bonds. The second-order valence-corrected chi connectivity index (χ2v) is 19.4. The van der Waals surface area contributed by atoms with Gasteiger partial charge in [-0.15, -0.1) is 0 Å².